The summed E-state index contributed by atoms with van der Waals surface area (Å²) in [7, 11) is 0. The lowest BCUT2D eigenvalue weighted by atomic mass is 9.85. The quantitative estimate of drug-likeness (QED) is 0.749. The Morgan fingerprint density at radius 3 is 2.57 bits per heavy atom. The zero-order valence-electron chi connectivity index (χ0n) is 13.9. The summed E-state index contributed by atoms with van der Waals surface area (Å²) >= 11 is 0. The fourth-order valence-electron chi connectivity index (χ4n) is 2.70. The molecule has 2 rings (SSSR count). The molecular formula is C17H30N4. The second-order valence-corrected chi connectivity index (χ2v) is 6.04. The molecule has 0 spiro atoms. The predicted octanol–water partition coefficient (Wildman–Crippen LogP) is 3.88. The summed E-state index contributed by atoms with van der Waals surface area (Å²) in [6.07, 6.45) is 7.31. The van der Waals surface area contributed by atoms with E-state index in [1.807, 2.05) is 0 Å². The Morgan fingerprint density at radius 2 is 2.00 bits per heavy atom. The third kappa shape index (κ3) is 4.58. The van der Waals surface area contributed by atoms with Crippen molar-refractivity contribution in [2.24, 2.45) is 5.92 Å². The van der Waals surface area contributed by atoms with E-state index < -0.39 is 0 Å². The van der Waals surface area contributed by atoms with Crippen LogP contribution in [-0.4, -0.2) is 29.6 Å². The van der Waals surface area contributed by atoms with Crippen molar-refractivity contribution >= 4 is 11.6 Å². The highest BCUT2D eigenvalue weighted by atomic mass is 15.2. The van der Waals surface area contributed by atoms with Gasteiger partial charge in [0.1, 0.15) is 17.5 Å². The maximum Gasteiger partial charge on any atom is 0.134 e. The van der Waals surface area contributed by atoms with Crippen molar-refractivity contribution in [3.63, 3.8) is 0 Å². The highest BCUT2D eigenvalue weighted by molar-refractivity contribution is 5.49. The van der Waals surface area contributed by atoms with E-state index in [0.29, 0.717) is 0 Å². The zero-order valence-corrected chi connectivity index (χ0v) is 13.9. The van der Waals surface area contributed by atoms with E-state index in [-0.39, 0.29) is 0 Å². The van der Waals surface area contributed by atoms with Crippen LogP contribution in [0.15, 0.2) is 6.07 Å². The highest BCUT2D eigenvalue weighted by Crippen LogP contribution is 2.29. The molecule has 4 heteroatoms. The summed E-state index contributed by atoms with van der Waals surface area (Å²) in [6, 6.07) is 2.12. The van der Waals surface area contributed by atoms with E-state index in [1.165, 1.54) is 19.3 Å². The lowest BCUT2D eigenvalue weighted by Gasteiger charge is -2.32. The Balaban J connectivity index is 2.14. The smallest absolute Gasteiger partial charge is 0.134 e. The monoisotopic (exact) mass is 290 g/mol. The summed E-state index contributed by atoms with van der Waals surface area (Å²) in [5, 5.41) is 3.42. The average Bonchev–Trinajstić information content (AvgIpc) is 2.44. The van der Waals surface area contributed by atoms with Crippen LogP contribution in [0, 0.1) is 5.92 Å². The molecule has 1 aromatic rings. The van der Waals surface area contributed by atoms with Crippen LogP contribution in [0.5, 0.6) is 0 Å². The van der Waals surface area contributed by atoms with Crippen LogP contribution in [0.1, 0.15) is 58.7 Å². The summed E-state index contributed by atoms with van der Waals surface area (Å²) in [5.74, 6) is 3.92. The number of hydrogen-bond donors (Lipinski definition) is 1. The van der Waals surface area contributed by atoms with Crippen molar-refractivity contribution in [2.45, 2.75) is 59.3 Å². The fourth-order valence-corrected chi connectivity index (χ4v) is 2.70. The molecule has 1 aliphatic rings. The van der Waals surface area contributed by atoms with Gasteiger partial charge in [-0.15, -0.1) is 0 Å². The number of hydrogen-bond acceptors (Lipinski definition) is 4. The SMILES string of the molecule is CCCNc1cc(N(CC)CC2CCC2)nc(CCC)n1. The molecule has 0 bridgehead atoms. The van der Waals surface area contributed by atoms with Crippen LogP contribution in [0.4, 0.5) is 11.6 Å². The van der Waals surface area contributed by atoms with E-state index in [4.69, 9.17) is 4.98 Å². The van der Waals surface area contributed by atoms with Crippen molar-refractivity contribution in [3.8, 4) is 0 Å². The topological polar surface area (TPSA) is 41.0 Å². The summed E-state index contributed by atoms with van der Waals surface area (Å²) in [5.41, 5.74) is 0. The molecule has 1 heterocycles. The predicted molar refractivity (Wildman–Crippen MR) is 90.0 cm³/mol. The molecular weight excluding hydrogens is 260 g/mol. The van der Waals surface area contributed by atoms with Crippen molar-refractivity contribution in [3.05, 3.63) is 11.9 Å². The van der Waals surface area contributed by atoms with Crippen molar-refractivity contribution in [2.75, 3.05) is 29.9 Å². The van der Waals surface area contributed by atoms with Crippen LogP contribution < -0.4 is 10.2 Å². The average molecular weight is 290 g/mol. The van der Waals surface area contributed by atoms with Crippen molar-refractivity contribution < 1.29 is 0 Å². The molecule has 0 radical (unpaired) electrons. The maximum absolute atomic E-state index is 4.79. The number of rotatable bonds is 9. The molecule has 1 fully saturated rings. The Kier molecular flexibility index (Phi) is 6.27. The molecule has 0 saturated heterocycles. The van der Waals surface area contributed by atoms with Gasteiger partial charge in [-0.1, -0.05) is 20.3 Å². The summed E-state index contributed by atoms with van der Waals surface area (Å²) in [6.45, 7) is 9.72. The first kappa shape index (κ1) is 16.1. The molecule has 0 aliphatic heterocycles. The minimum atomic E-state index is 0.863. The van der Waals surface area contributed by atoms with Gasteiger partial charge in [0.15, 0.2) is 0 Å². The van der Waals surface area contributed by atoms with E-state index in [9.17, 15) is 0 Å². The Morgan fingerprint density at radius 1 is 1.19 bits per heavy atom. The lowest BCUT2D eigenvalue weighted by Crippen LogP contribution is -2.33. The zero-order chi connectivity index (χ0) is 15.1. The van der Waals surface area contributed by atoms with Gasteiger partial charge in [0, 0.05) is 32.1 Å². The lowest BCUT2D eigenvalue weighted by molar-refractivity contribution is 0.318. The van der Waals surface area contributed by atoms with Gasteiger partial charge in [0.2, 0.25) is 0 Å². The van der Waals surface area contributed by atoms with Gasteiger partial charge in [0.25, 0.3) is 0 Å². The number of anilines is 2. The molecule has 4 nitrogen and oxygen atoms in total. The molecule has 118 valence electrons. The van der Waals surface area contributed by atoms with Crippen molar-refractivity contribution in [1.82, 2.24) is 9.97 Å². The van der Waals surface area contributed by atoms with Gasteiger partial charge in [-0.2, -0.15) is 0 Å². The van der Waals surface area contributed by atoms with Crippen LogP contribution >= 0.6 is 0 Å². The largest absolute Gasteiger partial charge is 0.370 e. The van der Waals surface area contributed by atoms with Gasteiger partial charge in [-0.05, 0) is 38.5 Å². The van der Waals surface area contributed by atoms with Gasteiger partial charge >= 0.3 is 0 Å². The molecule has 0 atom stereocenters. The van der Waals surface area contributed by atoms with E-state index in [1.54, 1.807) is 0 Å². The molecule has 1 aliphatic carbocycles. The molecule has 1 aromatic heterocycles. The van der Waals surface area contributed by atoms with Crippen LogP contribution in [0.25, 0.3) is 0 Å². The molecule has 0 unspecified atom stereocenters. The Hall–Kier alpha value is -1.32. The molecule has 1 saturated carbocycles. The second kappa shape index (κ2) is 8.20. The van der Waals surface area contributed by atoms with Crippen LogP contribution in [0.3, 0.4) is 0 Å². The summed E-state index contributed by atoms with van der Waals surface area (Å²) < 4.78 is 0. The summed E-state index contributed by atoms with van der Waals surface area (Å²) in [4.78, 5) is 11.8. The molecule has 0 aromatic carbocycles. The van der Waals surface area contributed by atoms with E-state index in [0.717, 1.165) is 62.3 Å². The van der Waals surface area contributed by atoms with Gasteiger partial charge < -0.3 is 10.2 Å². The first-order valence-electron chi connectivity index (χ1n) is 8.63. The highest BCUT2D eigenvalue weighted by Gasteiger charge is 2.21. The third-order valence-electron chi connectivity index (χ3n) is 4.20. The first-order valence-corrected chi connectivity index (χ1v) is 8.63. The normalized spacial score (nSPS) is 14.8. The van der Waals surface area contributed by atoms with Crippen LogP contribution in [0.2, 0.25) is 0 Å². The number of nitrogens with one attached hydrogen (secondary N) is 1. The Bertz CT molecular complexity index is 429. The standard InChI is InChI=1S/C17H30N4/c1-4-8-15-19-16(18-11-5-2)12-17(20-15)21(6-3)13-14-9-7-10-14/h12,14H,4-11,13H2,1-3H3,(H,18,19,20). The Labute approximate surface area is 129 Å². The number of nitrogens with zero attached hydrogens (tertiary/aromatic N) is 3. The van der Waals surface area contributed by atoms with Gasteiger partial charge in [-0.25, -0.2) is 9.97 Å². The van der Waals surface area contributed by atoms with E-state index in [2.05, 4.69) is 42.0 Å². The first-order chi connectivity index (χ1) is 10.3. The van der Waals surface area contributed by atoms with Gasteiger partial charge in [-0.3, -0.25) is 0 Å². The third-order valence-corrected chi connectivity index (χ3v) is 4.20. The van der Waals surface area contributed by atoms with Gasteiger partial charge in [0.05, 0.1) is 0 Å². The van der Waals surface area contributed by atoms with Crippen molar-refractivity contribution in [1.29, 1.82) is 0 Å². The molecule has 0 amide bonds. The maximum atomic E-state index is 4.79. The minimum absolute atomic E-state index is 0.863. The fraction of sp³-hybridized carbons (Fsp3) is 0.765. The molecule has 1 N–H and O–H groups in total. The minimum Gasteiger partial charge on any atom is -0.370 e. The van der Waals surface area contributed by atoms with Crippen LogP contribution in [-0.2, 0) is 6.42 Å². The molecule has 21 heavy (non-hydrogen) atoms. The van der Waals surface area contributed by atoms with E-state index >= 15 is 0 Å². The number of aromatic nitrogens is 2. The second-order valence-electron chi connectivity index (χ2n) is 6.04. The number of aryl methyl sites for hydroxylation is 1.